The van der Waals surface area contributed by atoms with Crippen molar-refractivity contribution in [3.05, 3.63) is 0 Å². The molecule has 0 bridgehead atoms. The summed E-state index contributed by atoms with van der Waals surface area (Å²) in [5, 5.41) is 3.41. The monoisotopic (exact) mass is 287 g/mol. The highest BCUT2D eigenvalue weighted by molar-refractivity contribution is 7.57. The van der Waals surface area contributed by atoms with Crippen molar-refractivity contribution >= 4 is 7.59 Å². The molecule has 2 saturated heterocycles. The quantitative estimate of drug-likeness (QED) is 0.379. The molecule has 5 heteroatoms. The van der Waals surface area contributed by atoms with Crippen LogP contribution in [0.5, 0.6) is 0 Å². The van der Waals surface area contributed by atoms with Gasteiger partial charge in [0.05, 0.1) is 0 Å². The summed E-state index contributed by atoms with van der Waals surface area (Å²) in [4.78, 5) is 0. The third-order valence-corrected chi connectivity index (χ3v) is 7.37. The van der Waals surface area contributed by atoms with Gasteiger partial charge in [0.25, 0.3) is 7.59 Å². The van der Waals surface area contributed by atoms with Crippen LogP contribution in [-0.2, 0) is 4.57 Å². The molecule has 2 heterocycles. The predicted molar refractivity (Wildman–Crippen MR) is 81.3 cm³/mol. The van der Waals surface area contributed by atoms with Gasteiger partial charge in [0, 0.05) is 31.7 Å². The molecule has 2 unspecified atom stereocenters. The van der Waals surface area contributed by atoms with E-state index < -0.39 is 7.59 Å². The molecule has 0 spiro atoms. The highest BCUT2D eigenvalue weighted by Crippen LogP contribution is 2.62. The standard InChI is InChI=1S/C14H30N3OP/c1-4-7-8-9-10-15-19(18,16-11-13(16)5-2)17-12-14(17)6-3/h13-14H,4-12H2,1-3H3,(H,15,18)/t13-,14-,16?,17?,19?/m1/s1. The first-order chi connectivity index (χ1) is 9.17. The van der Waals surface area contributed by atoms with Gasteiger partial charge in [-0.05, 0) is 19.3 Å². The molecule has 0 amide bonds. The number of rotatable bonds is 10. The molecule has 2 aliphatic heterocycles. The van der Waals surface area contributed by atoms with Crippen molar-refractivity contribution in [2.75, 3.05) is 19.6 Å². The van der Waals surface area contributed by atoms with Crippen molar-refractivity contribution in [2.24, 2.45) is 0 Å². The SMILES string of the molecule is CCCCCCNP(=O)(N1C[C@H]1CC)N1C[C@H]1CC. The van der Waals surface area contributed by atoms with Gasteiger partial charge >= 0.3 is 0 Å². The summed E-state index contributed by atoms with van der Waals surface area (Å²) >= 11 is 0. The molecule has 2 fully saturated rings. The van der Waals surface area contributed by atoms with Crippen LogP contribution in [0.2, 0.25) is 0 Å². The highest BCUT2D eigenvalue weighted by atomic mass is 31.2. The van der Waals surface area contributed by atoms with E-state index >= 15 is 0 Å². The minimum atomic E-state index is -2.42. The molecular weight excluding hydrogens is 257 g/mol. The maximum Gasteiger partial charge on any atom is 0.284 e. The summed E-state index contributed by atoms with van der Waals surface area (Å²) in [7, 11) is -2.42. The van der Waals surface area contributed by atoms with Gasteiger partial charge in [0.1, 0.15) is 0 Å². The van der Waals surface area contributed by atoms with E-state index in [0.717, 1.165) is 38.9 Å². The Morgan fingerprint density at radius 3 is 2.00 bits per heavy atom. The predicted octanol–water partition coefficient (Wildman–Crippen LogP) is 3.45. The van der Waals surface area contributed by atoms with Gasteiger partial charge in [0.15, 0.2) is 0 Å². The van der Waals surface area contributed by atoms with Gasteiger partial charge in [-0.2, -0.15) is 0 Å². The first-order valence-electron chi connectivity index (χ1n) is 8.06. The second kappa shape index (κ2) is 6.71. The van der Waals surface area contributed by atoms with Gasteiger partial charge in [-0.15, -0.1) is 0 Å². The first kappa shape index (κ1) is 15.5. The number of hydrogen-bond donors (Lipinski definition) is 1. The molecule has 0 aromatic rings. The molecule has 4 atom stereocenters. The Kier molecular flexibility index (Phi) is 5.47. The smallest absolute Gasteiger partial charge is 0.270 e. The Bertz CT molecular complexity index is 315. The van der Waals surface area contributed by atoms with E-state index in [-0.39, 0.29) is 0 Å². The third kappa shape index (κ3) is 3.60. The molecule has 0 aliphatic carbocycles. The molecule has 0 radical (unpaired) electrons. The Balaban J connectivity index is 1.83. The fourth-order valence-electron chi connectivity index (χ4n) is 2.79. The molecule has 2 aliphatic rings. The van der Waals surface area contributed by atoms with Crippen molar-refractivity contribution in [1.82, 2.24) is 14.4 Å². The fourth-order valence-corrected chi connectivity index (χ4v) is 5.93. The van der Waals surface area contributed by atoms with E-state index in [2.05, 4.69) is 35.2 Å². The molecule has 19 heavy (non-hydrogen) atoms. The maximum atomic E-state index is 13.2. The molecule has 4 nitrogen and oxygen atoms in total. The lowest BCUT2D eigenvalue weighted by Crippen LogP contribution is -2.24. The van der Waals surface area contributed by atoms with E-state index in [0.29, 0.717) is 12.1 Å². The average molecular weight is 287 g/mol. The van der Waals surface area contributed by atoms with Crippen molar-refractivity contribution in [3.63, 3.8) is 0 Å². The lowest BCUT2D eigenvalue weighted by molar-refractivity contribution is 0.479. The minimum Gasteiger partial charge on any atom is -0.270 e. The topological polar surface area (TPSA) is 35.1 Å². The Morgan fingerprint density at radius 1 is 1.00 bits per heavy atom. The molecular formula is C14H30N3OP. The van der Waals surface area contributed by atoms with Crippen LogP contribution in [0.25, 0.3) is 0 Å². The van der Waals surface area contributed by atoms with Crippen LogP contribution < -0.4 is 5.09 Å². The van der Waals surface area contributed by atoms with E-state index in [4.69, 9.17) is 0 Å². The molecule has 1 N–H and O–H groups in total. The van der Waals surface area contributed by atoms with E-state index in [1.165, 1.54) is 19.3 Å². The Morgan fingerprint density at radius 2 is 1.58 bits per heavy atom. The number of nitrogens with one attached hydrogen (secondary N) is 1. The highest BCUT2D eigenvalue weighted by Gasteiger charge is 2.56. The van der Waals surface area contributed by atoms with Crippen LogP contribution in [0.15, 0.2) is 0 Å². The summed E-state index contributed by atoms with van der Waals surface area (Å²) in [6.07, 6.45) is 7.17. The van der Waals surface area contributed by atoms with Gasteiger partial charge in [-0.25, -0.2) is 14.4 Å². The second-order valence-corrected chi connectivity index (χ2v) is 8.31. The molecule has 112 valence electrons. The first-order valence-corrected chi connectivity index (χ1v) is 9.68. The lowest BCUT2D eigenvalue weighted by atomic mass is 10.2. The molecule has 2 rings (SSSR count). The van der Waals surface area contributed by atoms with Crippen molar-refractivity contribution < 1.29 is 4.57 Å². The summed E-state index contributed by atoms with van der Waals surface area (Å²) in [5.41, 5.74) is 0. The zero-order valence-electron chi connectivity index (χ0n) is 12.8. The lowest BCUT2D eigenvalue weighted by Gasteiger charge is -2.23. The minimum absolute atomic E-state index is 0.548. The normalized spacial score (nSPS) is 35.9. The van der Waals surface area contributed by atoms with Crippen LogP contribution in [-0.4, -0.2) is 41.1 Å². The Hall–Kier alpha value is 0.110. The maximum absolute atomic E-state index is 13.2. The third-order valence-electron chi connectivity index (χ3n) is 4.36. The van der Waals surface area contributed by atoms with Crippen molar-refractivity contribution in [1.29, 1.82) is 0 Å². The zero-order chi connectivity index (χ0) is 13.9. The van der Waals surface area contributed by atoms with E-state index in [1.54, 1.807) is 0 Å². The average Bonchev–Trinajstić information content (AvgIpc) is 3.29. The second-order valence-electron chi connectivity index (χ2n) is 5.88. The van der Waals surface area contributed by atoms with Crippen molar-refractivity contribution in [3.8, 4) is 0 Å². The van der Waals surface area contributed by atoms with E-state index in [9.17, 15) is 4.57 Å². The molecule has 0 aromatic heterocycles. The molecule has 0 aromatic carbocycles. The van der Waals surface area contributed by atoms with Gasteiger partial charge in [0.2, 0.25) is 0 Å². The zero-order valence-corrected chi connectivity index (χ0v) is 13.7. The van der Waals surface area contributed by atoms with Gasteiger partial charge in [-0.3, -0.25) is 4.57 Å². The number of nitrogens with zero attached hydrogens (tertiary/aromatic N) is 2. The van der Waals surface area contributed by atoms with E-state index in [1.807, 2.05) is 0 Å². The van der Waals surface area contributed by atoms with Gasteiger partial charge in [-0.1, -0.05) is 40.0 Å². The van der Waals surface area contributed by atoms with Crippen LogP contribution in [0.3, 0.4) is 0 Å². The largest absolute Gasteiger partial charge is 0.284 e. The summed E-state index contributed by atoms with van der Waals surface area (Å²) in [5.74, 6) is 0. The van der Waals surface area contributed by atoms with Gasteiger partial charge < -0.3 is 0 Å². The number of hydrogen-bond acceptors (Lipinski definition) is 1. The summed E-state index contributed by atoms with van der Waals surface area (Å²) < 4.78 is 17.7. The van der Waals surface area contributed by atoms with Crippen molar-refractivity contribution in [2.45, 2.75) is 71.4 Å². The molecule has 0 saturated carbocycles. The van der Waals surface area contributed by atoms with Crippen LogP contribution in [0.1, 0.15) is 59.3 Å². The Labute approximate surface area is 118 Å². The van der Waals surface area contributed by atoms with Crippen LogP contribution >= 0.6 is 7.59 Å². The van der Waals surface area contributed by atoms with Crippen LogP contribution in [0.4, 0.5) is 0 Å². The summed E-state index contributed by atoms with van der Waals surface area (Å²) in [6, 6.07) is 1.10. The van der Waals surface area contributed by atoms with Crippen LogP contribution in [0, 0.1) is 0 Å². The fraction of sp³-hybridized carbons (Fsp3) is 1.00. The number of unbranched alkanes of at least 4 members (excludes halogenated alkanes) is 3. The summed E-state index contributed by atoms with van der Waals surface area (Å²) in [6.45, 7) is 9.54.